The summed E-state index contributed by atoms with van der Waals surface area (Å²) in [6.07, 6.45) is 0.248. The molecular formula is C12H14F2N2O. The summed E-state index contributed by atoms with van der Waals surface area (Å²) in [5.41, 5.74) is 6.42. The van der Waals surface area contributed by atoms with Crippen LogP contribution in [0.5, 0.6) is 0 Å². The number of amides is 1. The van der Waals surface area contributed by atoms with Crippen molar-refractivity contribution in [2.24, 2.45) is 5.73 Å². The molecule has 1 saturated heterocycles. The number of benzene rings is 1. The molecule has 1 aliphatic heterocycles. The summed E-state index contributed by atoms with van der Waals surface area (Å²) in [6, 6.07) is 2.93. The van der Waals surface area contributed by atoms with Gasteiger partial charge < -0.3 is 10.6 Å². The second kappa shape index (κ2) is 4.41. The van der Waals surface area contributed by atoms with E-state index >= 15 is 0 Å². The lowest BCUT2D eigenvalue weighted by molar-refractivity contribution is -0.128. The van der Waals surface area contributed by atoms with Gasteiger partial charge in [0, 0.05) is 19.0 Å². The molecule has 0 spiro atoms. The number of nitrogens with two attached hydrogens (primary N) is 1. The quantitative estimate of drug-likeness (QED) is 0.853. The van der Waals surface area contributed by atoms with E-state index in [1.165, 1.54) is 6.07 Å². The fourth-order valence-corrected chi connectivity index (χ4v) is 2.31. The van der Waals surface area contributed by atoms with E-state index in [4.69, 9.17) is 5.73 Å². The summed E-state index contributed by atoms with van der Waals surface area (Å²) in [5, 5.41) is 0. The lowest BCUT2D eigenvalue weighted by Gasteiger charge is -2.26. The van der Waals surface area contributed by atoms with Gasteiger partial charge in [0.2, 0.25) is 5.91 Å². The van der Waals surface area contributed by atoms with Crippen LogP contribution in [0.4, 0.5) is 8.78 Å². The maximum absolute atomic E-state index is 13.2. The lowest BCUT2D eigenvalue weighted by Crippen LogP contribution is -2.33. The predicted molar refractivity (Wildman–Crippen MR) is 59.1 cm³/mol. The molecule has 1 fully saturated rings. The first kappa shape index (κ1) is 12.0. The molecular weight excluding hydrogens is 226 g/mol. The van der Waals surface area contributed by atoms with Gasteiger partial charge in [-0.25, -0.2) is 8.78 Å². The second-order valence-corrected chi connectivity index (χ2v) is 4.17. The first-order valence-corrected chi connectivity index (χ1v) is 5.54. The summed E-state index contributed by atoms with van der Waals surface area (Å²) in [4.78, 5) is 13.2. The first-order valence-electron chi connectivity index (χ1n) is 5.54. The Kier molecular flexibility index (Phi) is 3.11. The largest absolute Gasteiger partial charge is 0.334 e. The van der Waals surface area contributed by atoms with Gasteiger partial charge in [0.15, 0.2) is 11.6 Å². The van der Waals surface area contributed by atoms with Crippen LogP contribution in [-0.2, 0) is 4.79 Å². The Hall–Kier alpha value is -1.49. The van der Waals surface area contributed by atoms with Gasteiger partial charge >= 0.3 is 0 Å². The number of hydrogen-bond acceptors (Lipinski definition) is 2. The van der Waals surface area contributed by atoms with Crippen LogP contribution in [0.2, 0.25) is 0 Å². The third-order valence-electron chi connectivity index (χ3n) is 3.10. The minimum atomic E-state index is -0.912. The number of likely N-dealkylation sites (N-methyl/N-ethyl adjacent to an activating group) is 1. The Balaban J connectivity index is 2.37. The van der Waals surface area contributed by atoms with Crippen LogP contribution < -0.4 is 5.73 Å². The highest BCUT2D eigenvalue weighted by Crippen LogP contribution is 2.32. The number of halogens is 2. The van der Waals surface area contributed by atoms with Gasteiger partial charge in [0.25, 0.3) is 0 Å². The van der Waals surface area contributed by atoms with Crippen molar-refractivity contribution in [3.8, 4) is 0 Å². The monoisotopic (exact) mass is 240 g/mol. The number of hydrogen-bond donors (Lipinski definition) is 1. The molecule has 92 valence electrons. The minimum absolute atomic E-state index is 0.0465. The smallest absolute Gasteiger partial charge is 0.224 e. The zero-order chi connectivity index (χ0) is 12.6. The van der Waals surface area contributed by atoms with Gasteiger partial charge in [-0.15, -0.1) is 0 Å². The van der Waals surface area contributed by atoms with Crippen LogP contribution in [0.15, 0.2) is 18.2 Å². The summed E-state index contributed by atoms with van der Waals surface area (Å²) in [5.74, 6) is -1.85. The Labute approximate surface area is 98.2 Å². The molecule has 0 bridgehead atoms. The van der Waals surface area contributed by atoms with Crippen molar-refractivity contribution in [3.63, 3.8) is 0 Å². The minimum Gasteiger partial charge on any atom is -0.334 e. The van der Waals surface area contributed by atoms with Crippen LogP contribution in [0, 0.1) is 11.6 Å². The van der Waals surface area contributed by atoms with Crippen molar-refractivity contribution in [2.45, 2.75) is 25.4 Å². The first-order chi connectivity index (χ1) is 8.04. The molecule has 1 aromatic rings. The van der Waals surface area contributed by atoms with Gasteiger partial charge in [-0.05, 0) is 24.6 Å². The van der Waals surface area contributed by atoms with Crippen molar-refractivity contribution < 1.29 is 13.6 Å². The van der Waals surface area contributed by atoms with Gasteiger partial charge in [-0.2, -0.15) is 0 Å². The number of carbonyl (C=O) groups excluding carboxylic acids is 1. The molecule has 1 aromatic carbocycles. The molecule has 0 saturated carbocycles. The molecule has 0 radical (unpaired) electrons. The van der Waals surface area contributed by atoms with Crippen molar-refractivity contribution >= 4 is 5.91 Å². The molecule has 1 heterocycles. The van der Waals surface area contributed by atoms with Crippen molar-refractivity contribution in [2.75, 3.05) is 6.54 Å². The maximum atomic E-state index is 13.2. The molecule has 0 aliphatic carbocycles. The third-order valence-corrected chi connectivity index (χ3v) is 3.10. The molecule has 5 heteroatoms. The molecule has 17 heavy (non-hydrogen) atoms. The van der Waals surface area contributed by atoms with Gasteiger partial charge in [0.05, 0.1) is 6.04 Å². The zero-order valence-corrected chi connectivity index (χ0v) is 9.49. The molecule has 2 unspecified atom stereocenters. The standard InChI is InChI=1S/C12H14F2N2O/c1-2-16-11(17)6-10(15)12(16)7-3-4-8(13)9(14)5-7/h3-5,10,12H,2,6,15H2,1H3. The highest BCUT2D eigenvalue weighted by molar-refractivity contribution is 5.80. The van der Waals surface area contributed by atoms with Crippen LogP contribution in [0.25, 0.3) is 0 Å². The van der Waals surface area contributed by atoms with Crippen molar-refractivity contribution in [1.82, 2.24) is 4.90 Å². The average molecular weight is 240 g/mol. The lowest BCUT2D eigenvalue weighted by atomic mass is 10.0. The Bertz CT molecular complexity index is 450. The van der Waals surface area contributed by atoms with E-state index < -0.39 is 11.6 Å². The van der Waals surface area contributed by atoms with E-state index in [-0.39, 0.29) is 24.4 Å². The molecule has 1 amide bonds. The summed E-state index contributed by atoms with van der Waals surface area (Å²) in [6.45, 7) is 2.35. The molecule has 2 N–H and O–H groups in total. The highest BCUT2D eigenvalue weighted by atomic mass is 19.2. The van der Waals surface area contributed by atoms with E-state index in [1.54, 1.807) is 4.90 Å². The second-order valence-electron chi connectivity index (χ2n) is 4.17. The predicted octanol–water partition coefficient (Wildman–Crippen LogP) is 1.59. The fraction of sp³-hybridized carbons (Fsp3) is 0.417. The topological polar surface area (TPSA) is 46.3 Å². The Morgan fingerprint density at radius 1 is 1.41 bits per heavy atom. The normalized spacial score (nSPS) is 24.5. The fourth-order valence-electron chi connectivity index (χ4n) is 2.31. The highest BCUT2D eigenvalue weighted by Gasteiger charge is 2.37. The van der Waals surface area contributed by atoms with Crippen molar-refractivity contribution in [1.29, 1.82) is 0 Å². The molecule has 2 atom stereocenters. The number of carbonyl (C=O) groups is 1. The number of rotatable bonds is 2. The van der Waals surface area contributed by atoms with E-state index in [1.807, 2.05) is 6.92 Å². The van der Waals surface area contributed by atoms with Crippen LogP contribution in [-0.4, -0.2) is 23.4 Å². The molecule has 0 aromatic heterocycles. The maximum Gasteiger partial charge on any atom is 0.224 e. The number of likely N-dealkylation sites (tertiary alicyclic amines) is 1. The van der Waals surface area contributed by atoms with Gasteiger partial charge in [-0.1, -0.05) is 6.07 Å². The van der Waals surface area contributed by atoms with Crippen LogP contribution in [0.3, 0.4) is 0 Å². The van der Waals surface area contributed by atoms with Crippen molar-refractivity contribution in [3.05, 3.63) is 35.4 Å². The number of nitrogens with zero attached hydrogens (tertiary/aromatic N) is 1. The zero-order valence-electron chi connectivity index (χ0n) is 9.49. The molecule has 3 nitrogen and oxygen atoms in total. The summed E-state index contributed by atoms with van der Waals surface area (Å²) >= 11 is 0. The van der Waals surface area contributed by atoms with Crippen LogP contribution >= 0.6 is 0 Å². The van der Waals surface area contributed by atoms with Gasteiger partial charge in [-0.3, -0.25) is 4.79 Å². The molecule has 2 rings (SSSR count). The third kappa shape index (κ3) is 2.02. The average Bonchev–Trinajstić information content (AvgIpc) is 2.57. The summed E-state index contributed by atoms with van der Waals surface area (Å²) in [7, 11) is 0. The van der Waals surface area contributed by atoms with E-state index in [2.05, 4.69) is 0 Å². The van der Waals surface area contributed by atoms with E-state index in [9.17, 15) is 13.6 Å². The summed E-state index contributed by atoms with van der Waals surface area (Å²) < 4.78 is 26.0. The SMILES string of the molecule is CCN1C(=O)CC(N)C1c1ccc(F)c(F)c1. The van der Waals surface area contributed by atoms with Crippen LogP contribution in [0.1, 0.15) is 24.9 Å². The van der Waals surface area contributed by atoms with Gasteiger partial charge in [0.1, 0.15) is 0 Å². The van der Waals surface area contributed by atoms with E-state index in [0.29, 0.717) is 12.1 Å². The Morgan fingerprint density at radius 2 is 2.12 bits per heavy atom. The van der Waals surface area contributed by atoms with E-state index in [0.717, 1.165) is 12.1 Å². The Morgan fingerprint density at radius 3 is 2.71 bits per heavy atom. The molecule has 1 aliphatic rings.